The van der Waals surface area contributed by atoms with Crippen LogP contribution in [-0.2, 0) is 6.54 Å². The number of likely N-dealkylation sites (tertiary alicyclic amines) is 1. The second kappa shape index (κ2) is 7.45. The lowest BCUT2D eigenvalue weighted by Crippen LogP contribution is -2.46. The number of carbonyl (C=O) groups is 1. The van der Waals surface area contributed by atoms with Crippen molar-refractivity contribution in [1.29, 1.82) is 0 Å². The van der Waals surface area contributed by atoms with Crippen molar-refractivity contribution >= 4 is 11.8 Å². The van der Waals surface area contributed by atoms with E-state index in [1.54, 1.807) is 6.07 Å². The van der Waals surface area contributed by atoms with E-state index in [1.807, 2.05) is 19.2 Å². The first-order valence-electron chi connectivity index (χ1n) is 8.33. The lowest BCUT2D eigenvalue weighted by atomic mass is 10.0. The number of benzene rings is 1. The Morgan fingerprint density at radius 1 is 1.25 bits per heavy atom. The number of anilines is 1. The van der Waals surface area contributed by atoms with Gasteiger partial charge in [-0.1, -0.05) is 36.4 Å². The van der Waals surface area contributed by atoms with Gasteiger partial charge >= 0.3 is 5.97 Å². The number of likely N-dealkylation sites (N-methyl/N-ethyl adjacent to an activating group) is 1. The SMILES string of the molecule is CN(c1cccc(C(=O)O)n1)C1CCCN(Cc2ccccc2)C1. The van der Waals surface area contributed by atoms with Crippen LogP contribution in [0.25, 0.3) is 0 Å². The van der Waals surface area contributed by atoms with Gasteiger partial charge in [0.25, 0.3) is 0 Å². The minimum Gasteiger partial charge on any atom is -0.477 e. The van der Waals surface area contributed by atoms with Crippen molar-refractivity contribution in [1.82, 2.24) is 9.88 Å². The maximum Gasteiger partial charge on any atom is 0.354 e. The van der Waals surface area contributed by atoms with E-state index < -0.39 is 5.97 Å². The maximum atomic E-state index is 11.1. The molecule has 126 valence electrons. The van der Waals surface area contributed by atoms with Crippen LogP contribution in [0.1, 0.15) is 28.9 Å². The van der Waals surface area contributed by atoms with E-state index >= 15 is 0 Å². The minimum absolute atomic E-state index is 0.0938. The zero-order valence-corrected chi connectivity index (χ0v) is 13.9. The molecule has 1 unspecified atom stereocenters. The summed E-state index contributed by atoms with van der Waals surface area (Å²) < 4.78 is 0. The number of nitrogens with zero attached hydrogens (tertiary/aromatic N) is 3. The first-order valence-corrected chi connectivity index (χ1v) is 8.33. The third-order valence-corrected chi connectivity index (χ3v) is 4.59. The molecule has 2 aromatic rings. The average Bonchev–Trinajstić information content (AvgIpc) is 2.62. The van der Waals surface area contributed by atoms with Crippen molar-refractivity contribution in [2.24, 2.45) is 0 Å². The van der Waals surface area contributed by atoms with Gasteiger partial charge in [0, 0.05) is 26.2 Å². The third kappa shape index (κ3) is 3.92. The average molecular weight is 325 g/mol. The van der Waals surface area contributed by atoms with Crippen LogP contribution in [0.2, 0.25) is 0 Å². The van der Waals surface area contributed by atoms with Crippen molar-refractivity contribution in [3.8, 4) is 0 Å². The van der Waals surface area contributed by atoms with Gasteiger partial charge in [-0.3, -0.25) is 4.90 Å². The molecule has 1 aliphatic rings. The van der Waals surface area contributed by atoms with Crippen molar-refractivity contribution < 1.29 is 9.90 Å². The number of aromatic nitrogens is 1. The maximum absolute atomic E-state index is 11.1. The first kappa shape index (κ1) is 16.5. The lowest BCUT2D eigenvalue weighted by molar-refractivity contribution is 0.0690. The summed E-state index contributed by atoms with van der Waals surface area (Å²) in [6.45, 7) is 3.01. The summed E-state index contributed by atoms with van der Waals surface area (Å²) in [7, 11) is 2.00. The number of hydrogen-bond acceptors (Lipinski definition) is 4. The molecular weight excluding hydrogens is 302 g/mol. The smallest absolute Gasteiger partial charge is 0.354 e. The molecule has 1 aromatic heterocycles. The molecule has 5 heteroatoms. The molecule has 0 bridgehead atoms. The molecule has 0 radical (unpaired) electrons. The Bertz CT molecular complexity index is 690. The van der Waals surface area contributed by atoms with Crippen LogP contribution >= 0.6 is 0 Å². The van der Waals surface area contributed by atoms with E-state index in [4.69, 9.17) is 5.11 Å². The number of piperidine rings is 1. The highest BCUT2D eigenvalue weighted by Gasteiger charge is 2.24. The van der Waals surface area contributed by atoms with E-state index in [1.165, 1.54) is 11.6 Å². The highest BCUT2D eigenvalue weighted by molar-refractivity contribution is 5.85. The first-order chi connectivity index (χ1) is 11.6. The van der Waals surface area contributed by atoms with Crippen LogP contribution in [0, 0.1) is 0 Å². The van der Waals surface area contributed by atoms with Crippen LogP contribution in [0.4, 0.5) is 5.82 Å². The Balaban J connectivity index is 1.67. The molecule has 3 rings (SSSR count). The van der Waals surface area contributed by atoms with E-state index in [2.05, 4.69) is 39.0 Å². The molecular formula is C19H23N3O2. The van der Waals surface area contributed by atoms with Crippen molar-refractivity contribution in [3.63, 3.8) is 0 Å². The number of aromatic carboxylic acids is 1. The summed E-state index contributed by atoms with van der Waals surface area (Å²) >= 11 is 0. The fourth-order valence-electron chi connectivity index (χ4n) is 3.26. The van der Waals surface area contributed by atoms with E-state index in [0.717, 1.165) is 38.3 Å². The van der Waals surface area contributed by atoms with Gasteiger partial charge in [0.1, 0.15) is 5.82 Å². The van der Waals surface area contributed by atoms with Gasteiger partial charge in [0.2, 0.25) is 0 Å². The molecule has 0 spiro atoms. The molecule has 1 atom stereocenters. The summed E-state index contributed by atoms with van der Waals surface area (Å²) in [5.41, 5.74) is 1.42. The van der Waals surface area contributed by atoms with E-state index in [9.17, 15) is 4.79 Å². The predicted molar refractivity (Wildman–Crippen MR) is 94.3 cm³/mol. The molecule has 24 heavy (non-hydrogen) atoms. The highest BCUT2D eigenvalue weighted by Crippen LogP contribution is 2.21. The van der Waals surface area contributed by atoms with Crippen molar-refractivity contribution in [2.45, 2.75) is 25.4 Å². The Morgan fingerprint density at radius 2 is 2.04 bits per heavy atom. The number of rotatable bonds is 5. The molecule has 5 nitrogen and oxygen atoms in total. The van der Waals surface area contributed by atoms with Gasteiger partial charge in [-0.15, -0.1) is 0 Å². The molecule has 1 aliphatic heterocycles. The predicted octanol–water partition coefficient (Wildman–Crippen LogP) is 2.88. The van der Waals surface area contributed by atoms with Gasteiger partial charge in [0.05, 0.1) is 0 Å². The fraction of sp³-hybridized carbons (Fsp3) is 0.368. The number of hydrogen-bond donors (Lipinski definition) is 1. The third-order valence-electron chi connectivity index (χ3n) is 4.59. The van der Waals surface area contributed by atoms with Crippen LogP contribution in [0.3, 0.4) is 0 Å². The van der Waals surface area contributed by atoms with E-state index in [0.29, 0.717) is 6.04 Å². The zero-order valence-electron chi connectivity index (χ0n) is 13.9. The molecule has 1 saturated heterocycles. The summed E-state index contributed by atoms with van der Waals surface area (Å²) in [5, 5.41) is 9.12. The second-order valence-electron chi connectivity index (χ2n) is 6.31. The lowest BCUT2D eigenvalue weighted by Gasteiger charge is -2.38. The monoisotopic (exact) mass is 325 g/mol. The summed E-state index contributed by atoms with van der Waals surface area (Å²) in [5.74, 6) is -0.263. The topological polar surface area (TPSA) is 56.7 Å². The van der Waals surface area contributed by atoms with Gasteiger partial charge in [0.15, 0.2) is 5.69 Å². The summed E-state index contributed by atoms with van der Waals surface area (Å²) in [4.78, 5) is 20.0. The molecule has 0 amide bonds. The quantitative estimate of drug-likeness (QED) is 0.916. The molecule has 1 N–H and O–H groups in total. The van der Waals surface area contributed by atoms with Gasteiger partial charge < -0.3 is 10.0 Å². The Morgan fingerprint density at radius 3 is 2.79 bits per heavy atom. The normalized spacial score (nSPS) is 18.3. The van der Waals surface area contributed by atoms with Crippen LogP contribution in [0.5, 0.6) is 0 Å². The van der Waals surface area contributed by atoms with Crippen molar-refractivity contribution in [2.75, 3.05) is 25.0 Å². The second-order valence-corrected chi connectivity index (χ2v) is 6.31. The highest BCUT2D eigenvalue weighted by atomic mass is 16.4. The Labute approximate surface area is 142 Å². The van der Waals surface area contributed by atoms with Crippen LogP contribution in [-0.4, -0.2) is 47.1 Å². The molecule has 1 fully saturated rings. The van der Waals surface area contributed by atoms with Gasteiger partial charge in [-0.05, 0) is 37.1 Å². The van der Waals surface area contributed by atoms with Crippen LogP contribution < -0.4 is 4.90 Å². The Hall–Kier alpha value is -2.40. The molecule has 0 aliphatic carbocycles. The molecule has 2 heterocycles. The summed E-state index contributed by atoms with van der Waals surface area (Å²) in [6, 6.07) is 16.0. The fourth-order valence-corrected chi connectivity index (χ4v) is 3.26. The van der Waals surface area contributed by atoms with E-state index in [-0.39, 0.29) is 5.69 Å². The van der Waals surface area contributed by atoms with Crippen molar-refractivity contribution in [3.05, 3.63) is 59.8 Å². The Kier molecular flexibility index (Phi) is 5.11. The molecule has 0 saturated carbocycles. The zero-order chi connectivity index (χ0) is 16.9. The number of carboxylic acid groups (broad SMARTS) is 1. The van der Waals surface area contributed by atoms with Gasteiger partial charge in [-0.2, -0.15) is 0 Å². The summed E-state index contributed by atoms with van der Waals surface area (Å²) in [6.07, 6.45) is 2.24. The molecule has 1 aromatic carbocycles. The number of pyridine rings is 1. The van der Waals surface area contributed by atoms with Crippen LogP contribution in [0.15, 0.2) is 48.5 Å². The standard InChI is InChI=1S/C19H23N3O2/c1-21(18-11-5-10-17(20-18)19(23)24)16-9-6-12-22(14-16)13-15-7-3-2-4-8-15/h2-5,7-8,10-11,16H,6,9,12-14H2,1H3,(H,23,24). The van der Waals surface area contributed by atoms with Gasteiger partial charge in [-0.25, -0.2) is 9.78 Å². The largest absolute Gasteiger partial charge is 0.477 e. The minimum atomic E-state index is -0.986. The number of carboxylic acids is 1.